The highest BCUT2D eigenvalue weighted by Crippen LogP contribution is 2.21. The molecule has 124 valence electrons. The Morgan fingerprint density at radius 3 is 2.56 bits per heavy atom. The minimum Gasteiger partial charge on any atom is -0.349 e. The van der Waals surface area contributed by atoms with E-state index >= 15 is 0 Å². The zero-order valence-electron chi connectivity index (χ0n) is 12.6. The van der Waals surface area contributed by atoms with Gasteiger partial charge in [0.2, 0.25) is 0 Å². The molecule has 25 heavy (non-hydrogen) atoms. The maximum Gasteiger partial charge on any atom is 0.350 e. The molecule has 2 heterocycles. The summed E-state index contributed by atoms with van der Waals surface area (Å²) in [6.07, 6.45) is 1.38. The van der Waals surface area contributed by atoms with E-state index in [1.807, 2.05) is 0 Å². The third-order valence-corrected chi connectivity index (χ3v) is 4.04. The number of fused-ring (bicyclic) bond motifs is 3. The third-order valence-electron chi connectivity index (χ3n) is 3.78. The van der Waals surface area contributed by atoms with Crippen LogP contribution in [0.2, 0.25) is 5.02 Å². The predicted octanol–water partition coefficient (Wildman–Crippen LogP) is 2.85. The van der Waals surface area contributed by atoms with Gasteiger partial charge in [-0.2, -0.15) is 5.10 Å². The molecule has 0 atom stereocenters. The first-order valence-electron chi connectivity index (χ1n) is 7.29. The third kappa shape index (κ3) is 2.64. The largest absolute Gasteiger partial charge is 0.350 e. The molecule has 8 heteroatoms. The van der Waals surface area contributed by atoms with Crippen LogP contribution in [0, 0.1) is 5.82 Å². The minimum absolute atomic E-state index is 0.147. The average molecular weight is 357 g/mol. The molecule has 0 aliphatic carbocycles. The molecule has 6 nitrogen and oxygen atoms in total. The number of hydrogen-bond donors (Lipinski definition) is 2. The van der Waals surface area contributed by atoms with E-state index in [9.17, 15) is 14.0 Å². The summed E-state index contributed by atoms with van der Waals surface area (Å²) in [5, 5.41) is 4.94. The zero-order chi connectivity index (χ0) is 17.6. The Kier molecular flexibility index (Phi) is 3.51. The van der Waals surface area contributed by atoms with Crippen molar-refractivity contribution in [2.45, 2.75) is 0 Å². The van der Waals surface area contributed by atoms with Crippen molar-refractivity contribution in [3.63, 3.8) is 0 Å². The van der Waals surface area contributed by atoms with Crippen molar-refractivity contribution in [1.82, 2.24) is 14.6 Å². The summed E-state index contributed by atoms with van der Waals surface area (Å²) < 4.78 is 14.1. The normalized spacial score (nSPS) is 11.8. The van der Waals surface area contributed by atoms with Crippen LogP contribution in [0.5, 0.6) is 0 Å². The minimum atomic E-state index is -0.715. The van der Waals surface area contributed by atoms with Crippen LogP contribution in [0.15, 0.2) is 57.2 Å². The fourth-order valence-corrected chi connectivity index (χ4v) is 2.72. The number of hydrogen-bond acceptors (Lipinski definition) is 3. The average Bonchev–Trinajstić information content (AvgIpc) is 2.94. The van der Waals surface area contributed by atoms with Crippen molar-refractivity contribution in [2.75, 3.05) is 0 Å². The van der Waals surface area contributed by atoms with Crippen LogP contribution in [-0.4, -0.2) is 20.9 Å². The Morgan fingerprint density at radius 1 is 1.04 bits per heavy atom. The van der Waals surface area contributed by atoms with E-state index < -0.39 is 17.1 Å². The molecule has 0 spiro atoms. The van der Waals surface area contributed by atoms with Crippen molar-refractivity contribution >= 4 is 39.8 Å². The predicted molar refractivity (Wildman–Crippen MR) is 95.1 cm³/mol. The Labute approximate surface area is 144 Å². The quantitative estimate of drug-likeness (QED) is 0.541. The molecule has 0 aliphatic rings. The molecule has 2 N–H and O–H groups in total. The van der Waals surface area contributed by atoms with Crippen LogP contribution in [0.3, 0.4) is 0 Å². The number of benzene rings is 2. The number of nitrogens with zero attached hydrogens (tertiary/aromatic N) is 2. The van der Waals surface area contributed by atoms with Crippen LogP contribution < -0.4 is 11.2 Å². The van der Waals surface area contributed by atoms with E-state index in [1.165, 1.54) is 24.4 Å². The molecular weight excluding hydrogens is 347 g/mol. The highest BCUT2D eigenvalue weighted by atomic mass is 35.5. The molecule has 2 aromatic heterocycles. The van der Waals surface area contributed by atoms with E-state index in [1.54, 1.807) is 24.3 Å². The summed E-state index contributed by atoms with van der Waals surface area (Å²) in [5.41, 5.74) is 0.280. The lowest BCUT2D eigenvalue weighted by Crippen LogP contribution is -2.32. The van der Waals surface area contributed by atoms with Crippen LogP contribution in [0.1, 0.15) is 5.56 Å². The molecule has 0 fully saturated rings. The van der Waals surface area contributed by atoms with E-state index in [2.05, 4.69) is 15.1 Å². The molecule has 0 saturated carbocycles. The van der Waals surface area contributed by atoms with Crippen molar-refractivity contribution < 1.29 is 4.39 Å². The molecule has 0 radical (unpaired) electrons. The van der Waals surface area contributed by atoms with Crippen molar-refractivity contribution in [1.29, 1.82) is 0 Å². The Balaban J connectivity index is 1.90. The van der Waals surface area contributed by atoms with Gasteiger partial charge in [0.15, 0.2) is 0 Å². The summed E-state index contributed by atoms with van der Waals surface area (Å²) >= 11 is 5.81. The molecular formula is C17H10ClFN4O2. The Hall–Kier alpha value is -3.19. The highest BCUT2D eigenvalue weighted by Gasteiger charge is 2.13. The van der Waals surface area contributed by atoms with Gasteiger partial charge in [0.25, 0.3) is 0 Å². The van der Waals surface area contributed by atoms with Crippen LogP contribution in [-0.2, 0) is 0 Å². The number of aromatic amines is 2. The van der Waals surface area contributed by atoms with Gasteiger partial charge in [0.1, 0.15) is 11.3 Å². The number of aromatic nitrogens is 3. The lowest BCUT2D eigenvalue weighted by Gasteiger charge is -1.98. The van der Waals surface area contributed by atoms with Gasteiger partial charge < -0.3 is 9.97 Å². The number of halogens is 2. The second kappa shape index (κ2) is 5.71. The van der Waals surface area contributed by atoms with Gasteiger partial charge in [-0.05, 0) is 35.9 Å². The molecule has 0 aliphatic heterocycles. The molecule has 0 saturated heterocycles. The van der Waals surface area contributed by atoms with Gasteiger partial charge in [-0.15, -0.1) is 4.68 Å². The van der Waals surface area contributed by atoms with Gasteiger partial charge in [0, 0.05) is 15.9 Å². The maximum absolute atomic E-state index is 13.4. The highest BCUT2D eigenvalue weighted by molar-refractivity contribution is 6.30. The molecule has 0 bridgehead atoms. The SMILES string of the molecule is O=c1[nH]c2c([nH]c3ccc(F)cc32)c(=O)n1/N=C/c1ccc(Cl)cc1. The molecule has 0 amide bonds. The van der Waals surface area contributed by atoms with E-state index in [0.29, 0.717) is 26.2 Å². The second-order valence-electron chi connectivity index (χ2n) is 5.41. The van der Waals surface area contributed by atoms with Gasteiger partial charge in [-0.25, -0.2) is 9.18 Å². The first-order chi connectivity index (χ1) is 12.0. The van der Waals surface area contributed by atoms with Gasteiger partial charge in [0.05, 0.1) is 11.7 Å². The van der Waals surface area contributed by atoms with Crippen LogP contribution in [0.4, 0.5) is 4.39 Å². The summed E-state index contributed by atoms with van der Waals surface area (Å²) in [4.78, 5) is 30.2. The van der Waals surface area contributed by atoms with Crippen molar-refractivity contribution in [3.05, 3.63) is 79.7 Å². The van der Waals surface area contributed by atoms with Gasteiger partial charge in [-0.1, -0.05) is 23.7 Å². The van der Waals surface area contributed by atoms with Gasteiger partial charge >= 0.3 is 11.2 Å². The molecule has 4 rings (SSSR count). The fourth-order valence-electron chi connectivity index (χ4n) is 2.59. The lowest BCUT2D eigenvalue weighted by atomic mass is 10.2. The first kappa shape index (κ1) is 15.3. The lowest BCUT2D eigenvalue weighted by molar-refractivity contribution is 0.630. The molecule has 4 aromatic rings. The van der Waals surface area contributed by atoms with E-state index in [0.717, 1.165) is 0 Å². The summed E-state index contributed by atoms with van der Waals surface area (Å²) in [6.45, 7) is 0. The van der Waals surface area contributed by atoms with E-state index in [4.69, 9.17) is 11.6 Å². The Bertz CT molecular complexity index is 1250. The van der Waals surface area contributed by atoms with Gasteiger partial charge in [-0.3, -0.25) is 4.79 Å². The van der Waals surface area contributed by atoms with Crippen LogP contribution in [0.25, 0.3) is 21.9 Å². The molecule has 0 unspecified atom stereocenters. The maximum atomic E-state index is 13.4. The summed E-state index contributed by atoms with van der Waals surface area (Å²) in [6, 6.07) is 10.8. The first-order valence-corrected chi connectivity index (χ1v) is 7.67. The second-order valence-corrected chi connectivity index (χ2v) is 5.84. The Morgan fingerprint density at radius 2 is 1.80 bits per heavy atom. The monoisotopic (exact) mass is 356 g/mol. The number of H-pyrrole nitrogens is 2. The number of rotatable bonds is 2. The summed E-state index contributed by atoms with van der Waals surface area (Å²) in [5.74, 6) is -0.459. The number of nitrogens with one attached hydrogen (secondary N) is 2. The van der Waals surface area contributed by atoms with Crippen molar-refractivity contribution in [3.8, 4) is 0 Å². The standard InChI is InChI=1S/C17H10ClFN4O2/c18-10-3-1-9(2-4-10)8-20-23-16(24)15-14(22-17(23)25)12-7-11(19)5-6-13(12)21-15/h1-8,21H,(H,22,25)/b20-8+. The topological polar surface area (TPSA) is 83.0 Å². The smallest absolute Gasteiger partial charge is 0.349 e. The molecule has 2 aromatic carbocycles. The zero-order valence-corrected chi connectivity index (χ0v) is 13.3. The van der Waals surface area contributed by atoms with Crippen LogP contribution >= 0.6 is 11.6 Å². The van der Waals surface area contributed by atoms with Crippen molar-refractivity contribution in [2.24, 2.45) is 5.10 Å². The fraction of sp³-hybridized carbons (Fsp3) is 0. The van der Waals surface area contributed by atoms with E-state index in [-0.39, 0.29) is 11.0 Å². The summed E-state index contributed by atoms with van der Waals surface area (Å²) in [7, 11) is 0.